The third kappa shape index (κ3) is 4.10. The van der Waals surface area contributed by atoms with Crippen molar-refractivity contribution in [2.75, 3.05) is 20.2 Å². The van der Waals surface area contributed by atoms with Crippen molar-refractivity contribution in [1.29, 1.82) is 0 Å². The number of hydrogen-bond acceptors (Lipinski definition) is 4. The van der Waals surface area contributed by atoms with E-state index in [9.17, 15) is 4.79 Å². The topological polar surface area (TPSA) is 72.0 Å². The van der Waals surface area contributed by atoms with Gasteiger partial charge in [0.05, 0.1) is 24.9 Å². The van der Waals surface area contributed by atoms with Crippen LogP contribution in [0.2, 0.25) is 0 Å². The van der Waals surface area contributed by atoms with E-state index in [2.05, 4.69) is 15.6 Å². The summed E-state index contributed by atoms with van der Waals surface area (Å²) in [4.78, 5) is 15.4. The van der Waals surface area contributed by atoms with Crippen LogP contribution in [0.4, 0.5) is 0 Å². The van der Waals surface area contributed by atoms with Crippen LogP contribution in [0.3, 0.4) is 0 Å². The lowest BCUT2D eigenvalue weighted by Crippen LogP contribution is -2.47. The van der Waals surface area contributed by atoms with Crippen molar-refractivity contribution in [2.24, 2.45) is 4.99 Å². The van der Waals surface area contributed by atoms with Gasteiger partial charge in [-0.3, -0.25) is 9.79 Å². The minimum Gasteiger partial charge on any atom is -0.466 e. The zero-order chi connectivity index (χ0) is 14.4. The van der Waals surface area contributed by atoms with E-state index in [1.807, 2.05) is 6.92 Å². The third-order valence-electron chi connectivity index (χ3n) is 3.81. The van der Waals surface area contributed by atoms with Gasteiger partial charge in [0.1, 0.15) is 0 Å². The molecule has 2 rings (SSSR count). The Balaban J connectivity index is 1.62. The second-order valence-electron chi connectivity index (χ2n) is 5.27. The molecule has 0 aliphatic carbocycles. The summed E-state index contributed by atoms with van der Waals surface area (Å²) in [5.74, 6) is 0.647. The van der Waals surface area contributed by atoms with Crippen LogP contribution < -0.4 is 10.6 Å². The third-order valence-corrected chi connectivity index (χ3v) is 3.81. The summed E-state index contributed by atoms with van der Waals surface area (Å²) in [6.07, 6.45) is 5.34. The molecule has 0 saturated carbocycles. The molecular formula is C14H25N3O3. The molecule has 0 aromatic heterocycles. The van der Waals surface area contributed by atoms with Gasteiger partial charge in [-0.1, -0.05) is 0 Å². The normalized spacial score (nSPS) is 28.5. The van der Waals surface area contributed by atoms with Crippen molar-refractivity contribution in [1.82, 2.24) is 10.6 Å². The fourth-order valence-corrected chi connectivity index (χ4v) is 2.83. The molecule has 0 spiro atoms. The Bertz CT molecular complexity index is 360. The lowest BCUT2D eigenvalue weighted by molar-refractivity contribution is -0.143. The van der Waals surface area contributed by atoms with Gasteiger partial charge in [0.2, 0.25) is 0 Å². The van der Waals surface area contributed by atoms with Crippen LogP contribution in [0, 0.1) is 0 Å². The van der Waals surface area contributed by atoms with E-state index >= 15 is 0 Å². The Kier molecular flexibility index (Phi) is 5.64. The number of rotatable bonds is 6. The first kappa shape index (κ1) is 15.1. The summed E-state index contributed by atoms with van der Waals surface area (Å²) in [5, 5.41) is 6.64. The number of hydrogen-bond donors (Lipinski definition) is 2. The average molecular weight is 283 g/mol. The minimum absolute atomic E-state index is 0.140. The highest BCUT2D eigenvalue weighted by Crippen LogP contribution is 2.34. The molecular weight excluding hydrogens is 258 g/mol. The van der Waals surface area contributed by atoms with Crippen molar-refractivity contribution in [3.63, 3.8) is 0 Å². The van der Waals surface area contributed by atoms with Crippen LogP contribution in [0.1, 0.15) is 39.0 Å². The molecule has 2 aliphatic heterocycles. The van der Waals surface area contributed by atoms with Crippen molar-refractivity contribution < 1.29 is 14.3 Å². The van der Waals surface area contributed by atoms with Gasteiger partial charge in [0, 0.05) is 20.0 Å². The smallest absolute Gasteiger partial charge is 0.305 e. The van der Waals surface area contributed by atoms with Gasteiger partial charge < -0.3 is 20.1 Å². The predicted molar refractivity (Wildman–Crippen MR) is 76.7 cm³/mol. The number of guanidine groups is 1. The Hall–Kier alpha value is -1.30. The molecule has 0 amide bonds. The number of ether oxygens (including phenoxy) is 2. The Morgan fingerprint density at radius 3 is 2.90 bits per heavy atom. The van der Waals surface area contributed by atoms with Crippen LogP contribution in [-0.4, -0.2) is 50.4 Å². The largest absolute Gasteiger partial charge is 0.466 e. The van der Waals surface area contributed by atoms with Crippen LogP contribution >= 0.6 is 0 Å². The molecule has 2 N–H and O–H groups in total. The molecule has 2 aliphatic rings. The first-order valence-electron chi connectivity index (χ1n) is 7.51. The van der Waals surface area contributed by atoms with Gasteiger partial charge in [-0.25, -0.2) is 0 Å². The van der Waals surface area contributed by atoms with Crippen molar-refractivity contribution in [3.8, 4) is 0 Å². The number of nitrogens with zero attached hydrogens (tertiary/aromatic N) is 1. The number of nitrogens with one attached hydrogen (secondary N) is 2. The highest BCUT2D eigenvalue weighted by atomic mass is 16.5. The van der Waals surface area contributed by atoms with Crippen LogP contribution in [0.15, 0.2) is 4.99 Å². The minimum atomic E-state index is -0.140. The number of fused-ring (bicyclic) bond motifs is 2. The Morgan fingerprint density at radius 2 is 2.30 bits per heavy atom. The van der Waals surface area contributed by atoms with Crippen molar-refractivity contribution >= 4 is 11.9 Å². The summed E-state index contributed by atoms with van der Waals surface area (Å²) < 4.78 is 10.7. The van der Waals surface area contributed by atoms with Gasteiger partial charge in [0.15, 0.2) is 5.96 Å². The average Bonchev–Trinajstić information content (AvgIpc) is 3.04. The zero-order valence-corrected chi connectivity index (χ0v) is 12.4. The van der Waals surface area contributed by atoms with Gasteiger partial charge in [-0.2, -0.15) is 0 Å². The van der Waals surface area contributed by atoms with Crippen LogP contribution in [-0.2, 0) is 14.3 Å². The van der Waals surface area contributed by atoms with E-state index in [0.29, 0.717) is 37.8 Å². The summed E-state index contributed by atoms with van der Waals surface area (Å²) in [7, 11) is 1.76. The Labute approximate surface area is 120 Å². The monoisotopic (exact) mass is 283 g/mol. The molecule has 0 aromatic carbocycles. The molecule has 20 heavy (non-hydrogen) atoms. The Morgan fingerprint density at radius 1 is 1.45 bits per heavy atom. The maximum atomic E-state index is 11.2. The standard InChI is InChI=1S/C14H25N3O3/c1-3-19-13(18)5-4-8-16-14(15-2)17-11-9-10-6-7-12(11)20-10/h10-12H,3-9H2,1-2H3,(H2,15,16,17). The van der Waals surface area contributed by atoms with Gasteiger partial charge >= 0.3 is 5.97 Å². The van der Waals surface area contributed by atoms with E-state index in [1.54, 1.807) is 7.05 Å². The molecule has 6 heteroatoms. The predicted octanol–water partition coefficient (Wildman–Crippen LogP) is 0.815. The SMILES string of the molecule is CCOC(=O)CCCNC(=NC)NC1CC2CCC1O2. The molecule has 3 unspecified atom stereocenters. The van der Waals surface area contributed by atoms with E-state index in [-0.39, 0.29) is 5.97 Å². The van der Waals surface area contributed by atoms with Crippen LogP contribution in [0.5, 0.6) is 0 Å². The fraction of sp³-hybridized carbons (Fsp3) is 0.857. The quantitative estimate of drug-likeness (QED) is 0.327. The fourth-order valence-electron chi connectivity index (χ4n) is 2.83. The molecule has 3 atom stereocenters. The number of carbonyl (C=O) groups is 1. The molecule has 0 aromatic rings. The second kappa shape index (κ2) is 7.47. The van der Waals surface area contributed by atoms with E-state index in [4.69, 9.17) is 9.47 Å². The maximum Gasteiger partial charge on any atom is 0.305 e. The maximum absolute atomic E-state index is 11.2. The molecule has 2 fully saturated rings. The number of esters is 1. The molecule has 2 heterocycles. The van der Waals surface area contributed by atoms with E-state index in [0.717, 1.165) is 25.2 Å². The molecule has 114 valence electrons. The molecule has 6 nitrogen and oxygen atoms in total. The van der Waals surface area contributed by atoms with Gasteiger partial charge in [-0.15, -0.1) is 0 Å². The lowest BCUT2D eigenvalue weighted by atomic mass is 9.96. The van der Waals surface area contributed by atoms with Crippen molar-refractivity contribution in [2.45, 2.75) is 57.3 Å². The summed E-state index contributed by atoms with van der Waals surface area (Å²) >= 11 is 0. The number of carbonyl (C=O) groups excluding carboxylic acids is 1. The summed E-state index contributed by atoms with van der Waals surface area (Å²) in [6.45, 7) is 2.97. The zero-order valence-electron chi connectivity index (χ0n) is 12.4. The van der Waals surface area contributed by atoms with E-state index < -0.39 is 0 Å². The molecule has 2 saturated heterocycles. The summed E-state index contributed by atoms with van der Waals surface area (Å²) in [5.41, 5.74) is 0. The van der Waals surface area contributed by atoms with Crippen LogP contribution in [0.25, 0.3) is 0 Å². The summed E-state index contributed by atoms with van der Waals surface area (Å²) in [6, 6.07) is 0.366. The lowest BCUT2D eigenvalue weighted by Gasteiger charge is -2.22. The van der Waals surface area contributed by atoms with Gasteiger partial charge in [0.25, 0.3) is 0 Å². The molecule has 0 radical (unpaired) electrons. The van der Waals surface area contributed by atoms with E-state index in [1.165, 1.54) is 6.42 Å². The molecule has 2 bridgehead atoms. The van der Waals surface area contributed by atoms with Gasteiger partial charge in [-0.05, 0) is 32.6 Å². The first-order chi connectivity index (χ1) is 9.72. The first-order valence-corrected chi connectivity index (χ1v) is 7.51. The highest BCUT2D eigenvalue weighted by molar-refractivity contribution is 5.80. The highest BCUT2D eigenvalue weighted by Gasteiger charge is 2.41. The van der Waals surface area contributed by atoms with Crippen molar-refractivity contribution in [3.05, 3.63) is 0 Å². The number of aliphatic imine (C=N–C) groups is 1. The second-order valence-corrected chi connectivity index (χ2v) is 5.27.